The maximum absolute atomic E-state index is 12.8. The zero-order valence-electron chi connectivity index (χ0n) is 13.3. The van der Waals surface area contributed by atoms with Gasteiger partial charge in [-0.05, 0) is 44.4 Å². The number of hydrogen-bond acceptors (Lipinski definition) is 3. The Morgan fingerprint density at radius 1 is 1.41 bits per heavy atom. The average molecular weight is 303 g/mol. The lowest BCUT2D eigenvalue weighted by molar-refractivity contribution is -0.115. The molecule has 1 aromatic rings. The molecule has 1 saturated heterocycles. The Bertz CT molecular complexity index is 542. The van der Waals surface area contributed by atoms with Crippen molar-refractivity contribution in [3.63, 3.8) is 0 Å². The zero-order chi connectivity index (χ0) is 16.1. The smallest absolute Gasteiger partial charge is 0.254 e. The van der Waals surface area contributed by atoms with E-state index in [-0.39, 0.29) is 23.9 Å². The van der Waals surface area contributed by atoms with E-state index in [1.807, 2.05) is 11.8 Å². The zero-order valence-corrected chi connectivity index (χ0v) is 13.3. The summed E-state index contributed by atoms with van der Waals surface area (Å²) in [6.45, 7) is 4.50. The predicted octanol–water partition coefficient (Wildman–Crippen LogP) is 2.38. The van der Waals surface area contributed by atoms with Crippen LogP contribution in [0.15, 0.2) is 24.3 Å². The number of nitrogens with two attached hydrogens (primary N) is 1. The van der Waals surface area contributed by atoms with Crippen LogP contribution in [0.2, 0.25) is 0 Å². The maximum Gasteiger partial charge on any atom is 0.254 e. The van der Waals surface area contributed by atoms with Crippen molar-refractivity contribution in [1.29, 1.82) is 0 Å². The summed E-state index contributed by atoms with van der Waals surface area (Å²) in [7, 11) is 0. The van der Waals surface area contributed by atoms with E-state index < -0.39 is 0 Å². The topological polar surface area (TPSA) is 75.4 Å². The number of carbonyl (C=O) groups excluding carboxylic acids is 2. The van der Waals surface area contributed by atoms with Crippen molar-refractivity contribution >= 4 is 17.5 Å². The van der Waals surface area contributed by atoms with Gasteiger partial charge in [0.1, 0.15) is 0 Å². The van der Waals surface area contributed by atoms with Gasteiger partial charge in [0.05, 0.1) is 0 Å². The highest BCUT2D eigenvalue weighted by Gasteiger charge is 2.29. The molecule has 5 nitrogen and oxygen atoms in total. The molecule has 0 spiro atoms. The summed E-state index contributed by atoms with van der Waals surface area (Å²) in [5.41, 5.74) is 7.29. The lowest BCUT2D eigenvalue weighted by Gasteiger charge is -2.38. The van der Waals surface area contributed by atoms with Crippen molar-refractivity contribution in [3.8, 4) is 0 Å². The average Bonchev–Trinajstić information content (AvgIpc) is 2.54. The van der Waals surface area contributed by atoms with Crippen molar-refractivity contribution in [1.82, 2.24) is 4.90 Å². The fourth-order valence-electron chi connectivity index (χ4n) is 2.90. The Hall–Kier alpha value is -1.88. The van der Waals surface area contributed by atoms with Crippen molar-refractivity contribution in [3.05, 3.63) is 29.8 Å². The number of benzene rings is 1. The third-order valence-electron chi connectivity index (χ3n) is 4.13. The van der Waals surface area contributed by atoms with Crippen molar-refractivity contribution in [2.24, 2.45) is 5.73 Å². The number of nitrogens with zero attached hydrogens (tertiary/aromatic N) is 1. The highest BCUT2D eigenvalue weighted by Crippen LogP contribution is 2.22. The molecule has 1 aliphatic heterocycles. The summed E-state index contributed by atoms with van der Waals surface area (Å²) < 4.78 is 0. The SMILES string of the molecule is CCC(=O)Nc1cccc(C(=O)N2CCCCC2C(C)N)c1. The minimum absolute atomic E-state index is 0.00500. The molecular weight excluding hydrogens is 278 g/mol. The van der Waals surface area contributed by atoms with E-state index in [2.05, 4.69) is 5.32 Å². The molecule has 1 aliphatic rings. The third kappa shape index (κ3) is 3.85. The predicted molar refractivity (Wildman–Crippen MR) is 87.7 cm³/mol. The molecule has 2 atom stereocenters. The highest BCUT2D eigenvalue weighted by molar-refractivity contribution is 5.97. The number of nitrogens with one attached hydrogen (secondary N) is 1. The molecule has 0 bridgehead atoms. The molecule has 22 heavy (non-hydrogen) atoms. The van der Waals surface area contributed by atoms with Crippen LogP contribution in [0.25, 0.3) is 0 Å². The lowest BCUT2D eigenvalue weighted by Crippen LogP contribution is -2.51. The summed E-state index contributed by atoms with van der Waals surface area (Å²) in [5.74, 6) is -0.0642. The molecule has 0 saturated carbocycles. The van der Waals surface area contributed by atoms with Crippen molar-refractivity contribution in [2.75, 3.05) is 11.9 Å². The second kappa shape index (κ2) is 7.40. The monoisotopic (exact) mass is 303 g/mol. The maximum atomic E-state index is 12.8. The van der Waals surface area contributed by atoms with Crippen molar-refractivity contribution < 1.29 is 9.59 Å². The first kappa shape index (κ1) is 16.5. The Kier molecular flexibility index (Phi) is 5.55. The molecule has 3 N–H and O–H groups in total. The summed E-state index contributed by atoms with van der Waals surface area (Å²) in [6.07, 6.45) is 3.50. The fourth-order valence-corrected chi connectivity index (χ4v) is 2.90. The second-order valence-corrected chi connectivity index (χ2v) is 5.90. The summed E-state index contributed by atoms with van der Waals surface area (Å²) >= 11 is 0. The molecule has 0 aliphatic carbocycles. The van der Waals surface area contributed by atoms with Gasteiger partial charge in [-0.15, -0.1) is 0 Å². The molecule has 5 heteroatoms. The summed E-state index contributed by atoms with van der Waals surface area (Å²) in [6, 6.07) is 7.18. The van der Waals surface area contributed by atoms with Crippen LogP contribution in [-0.2, 0) is 4.79 Å². The quantitative estimate of drug-likeness (QED) is 0.896. The van der Waals surface area contributed by atoms with Crippen LogP contribution >= 0.6 is 0 Å². The lowest BCUT2D eigenvalue weighted by atomic mass is 9.96. The number of amides is 2. The first-order valence-electron chi connectivity index (χ1n) is 7.99. The Balaban J connectivity index is 2.17. The van der Waals surface area contributed by atoms with E-state index >= 15 is 0 Å². The summed E-state index contributed by atoms with van der Waals surface area (Å²) in [5, 5.41) is 2.79. The third-order valence-corrected chi connectivity index (χ3v) is 4.13. The van der Waals surface area contributed by atoms with Gasteiger partial charge in [0.2, 0.25) is 5.91 Å². The number of rotatable bonds is 4. The first-order valence-corrected chi connectivity index (χ1v) is 7.99. The molecule has 1 heterocycles. The van der Waals surface area contributed by atoms with Crippen LogP contribution in [0, 0.1) is 0 Å². The van der Waals surface area contributed by atoms with Crippen molar-refractivity contribution in [2.45, 2.75) is 51.6 Å². The van der Waals surface area contributed by atoms with Crippen LogP contribution in [0.4, 0.5) is 5.69 Å². The van der Waals surface area contributed by atoms with Gasteiger partial charge < -0.3 is 16.0 Å². The van der Waals surface area contributed by atoms with E-state index in [9.17, 15) is 9.59 Å². The number of piperidine rings is 1. The minimum Gasteiger partial charge on any atom is -0.334 e. The van der Waals surface area contributed by atoms with Crippen LogP contribution in [0.5, 0.6) is 0 Å². The van der Waals surface area contributed by atoms with Gasteiger partial charge in [0, 0.05) is 36.3 Å². The number of hydrogen-bond donors (Lipinski definition) is 2. The van der Waals surface area contributed by atoms with Gasteiger partial charge in [-0.3, -0.25) is 9.59 Å². The van der Waals surface area contributed by atoms with E-state index in [0.29, 0.717) is 17.7 Å². The van der Waals surface area contributed by atoms with Gasteiger partial charge in [-0.1, -0.05) is 13.0 Å². The summed E-state index contributed by atoms with van der Waals surface area (Å²) in [4.78, 5) is 26.1. The van der Waals surface area contributed by atoms with Crippen LogP contribution < -0.4 is 11.1 Å². The van der Waals surface area contributed by atoms with Crippen LogP contribution in [0.1, 0.15) is 49.9 Å². The normalized spacial score (nSPS) is 19.6. The molecule has 0 radical (unpaired) electrons. The largest absolute Gasteiger partial charge is 0.334 e. The van der Waals surface area contributed by atoms with Gasteiger partial charge in [-0.2, -0.15) is 0 Å². The second-order valence-electron chi connectivity index (χ2n) is 5.90. The molecule has 2 unspecified atom stereocenters. The highest BCUT2D eigenvalue weighted by atomic mass is 16.2. The Morgan fingerprint density at radius 3 is 2.86 bits per heavy atom. The van der Waals surface area contributed by atoms with E-state index in [0.717, 1.165) is 25.8 Å². The first-order chi connectivity index (χ1) is 10.5. The van der Waals surface area contributed by atoms with Gasteiger partial charge in [0.15, 0.2) is 0 Å². The fraction of sp³-hybridized carbons (Fsp3) is 0.529. The Morgan fingerprint density at radius 2 is 2.18 bits per heavy atom. The molecular formula is C17H25N3O2. The molecule has 0 aromatic heterocycles. The van der Waals surface area contributed by atoms with Crippen LogP contribution in [-0.4, -0.2) is 35.3 Å². The van der Waals surface area contributed by atoms with Crippen LogP contribution in [0.3, 0.4) is 0 Å². The molecule has 1 fully saturated rings. The standard InChI is InChI=1S/C17H25N3O2/c1-3-16(21)19-14-8-6-7-13(11-14)17(22)20-10-5-4-9-15(20)12(2)18/h6-8,11-12,15H,3-5,9-10,18H2,1-2H3,(H,19,21). The number of likely N-dealkylation sites (tertiary alicyclic amines) is 1. The minimum atomic E-state index is -0.0592. The van der Waals surface area contributed by atoms with E-state index in [1.54, 1.807) is 31.2 Å². The van der Waals surface area contributed by atoms with E-state index in [4.69, 9.17) is 5.73 Å². The molecule has 2 amide bonds. The van der Waals surface area contributed by atoms with Gasteiger partial charge in [-0.25, -0.2) is 0 Å². The number of anilines is 1. The Labute approximate surface area is 131 Å². The molecule has 120 valence electrons. The van der Waals surface area contributed by atoms with Gasteiger partial charge >= 0.3 is 0 Å². The van der Waals surface area contributed by atoms with Gasteiger partial charge in [0.25, 0.3) is 5.91 Å². The molecule has 2 rings (SSSR count). The number of carbonyl (C=O) groups is 2. The van der Waals surface area contributed by atoms with E-state index in [1.165, 1.54) is 0 Å². The molecule has 1 aromatic carbocycles.